The monoisotopic (exact) mass is 357 g/mol. The van der Waals surface area contributed by atoms with Gasteiger partial charge in [0.15, 0.2) is 5.11 Å². The van der Waals surface area contributed by atoms with Gasteiger partial charge >= 0.3 is 0 Å². The van der Waals surface area contributed by atoms with Crippen LogP contribution >= 0.6 is 12.2 Å². The third-order valence-electron chi connectivity index (χ3n) is 4.05. The summed E-state index contributed by atoms with van der Waals surface area (Å²) >= 11 is 5.42. The molecule has 1 saturated heterocycles. The maximum atomic E-state index is 5.42. The minimum absolute atomic E-state index is 0.102. The molecule has 0 spiro atoms. The van der Waals surface area contributed by atoms with Crippen molar-refractivity contribution in [2.45, 2.75) is 19.9 Å². The summed E-state index contributed by atoms with van der Waals surface area (Å²) in [5.41, 5.74) is 2.07. The average molecular weight is 357 g/mol. The Balaban J connectivity index is 1.65. The Bertz CT molecular complexity index is 719. The first kappa shape index (κ1) is 17.6. The maximum absolute atomic E-state index is 5.42. The number of rotatable bonds is 4. The maximum Gasteiger partial charge on any atom is 0.231 e. The van der Waals surface area contributed by atoms with Crippen LogP contribution in [0.4, 0.5) is 11.8 Å². The van der Waals surface area contributed by atoms with E-state index in [1.807, 2.05) is 31.2 Å². The summed E-state index contributed by atoms with van der Waals surface area (Å²) in [6, 6.07) is 12.3. The Kier molecular flexibility index (Phi) is 5.78. The van der Waals surface area contributed by atoms with Crippen LogP contribution in [0.1, 0.15) is 24.2 Å². The van der Waals surface area contributed by atoms with Crippen molar-refractivity contribution in [1.29, 1.82) is 0 Å². The number of morpholine rings is 1. The fourth-order valence-corrected chi connectivity index (χ4v) is 2.99. The minimum atomic E-state index is 0.102. The van der Waals surface area contributed by atoms with Crippen LogP contribution < -0.4 is 15.5 Å². The lowest BCUT2D eigenvalue weighted by Gasteiger charge is -2.28. The number of benzene rings is 1. The molecule has 1 aromatic carbocycles. The molecule has 1 aromatic heterocycles. The fourth-order valence-electron chi connectivity index (χ4n) is 2.72. The summed E-state index contributed by atoms with van der Waals surface area (Å²) < 4.78 is 5.40. The number of hydrogen-bond acceptors (Lipinski definition) is 5. The first-order chi connectivity index (χ1) is 12.1. The van der Waals surface area contributed by atoms with Gasteiger partial charge in [0.2, 0.25) is 5.95 Å². The van der Waals surface area contributed by atoms with Crippen LogP contribution in [0.15, 0.2) is 36.4 Å². The lowest BCUT2D eigenvalue weighted by molar-refractivity contribution is 0.122. The third-order valence-corrected chi connectivity index (χ3v) is 4.27. The third kappa shape index (κ3) is 4.87. The normalized spacial score (nSPS) is 15.5. The average Bonchev–Trinajstić information content (AvgIpc) is 2.62. The van der Waals surface area contributed by atoms with Crippen LogP contribution in [0.25, 0.3) is 0 Å². The van der Waals surface area contributed by atoms with E-state index in [1.54, 1.807) is 0 Å². The van der Waals surface area contributed by atoms with Crippen molar-refractivity contribution >= 4 is 29.1 Å². The smallest absolute Gasteiger partial charge is 0.231 e. The number of thiocarbonyl (C=S) groups is 1. The van der Waals surface area contributed by atoms with Gasteiger partial charge in [0, 0.05) is 24.8 Å². The van der Waals surface area contributed by atoms with Gasteiger partial charge in [-0.1, -0.05) is 30.3 Å². The largest absolute Gasteiger partial charge is 0.378 e. The van der Waals surface area contributed by atoms with E-state index in [9.17, 15) is 0 Å². The number of hydrogen-bond donors (Lipinski definition) is 2. The zero-order valence-corrected chi connectivity index (χ0v) is 15.3. The molecule has 0 radical (unpaired) electrons. The second kappa shape index (κ2) is 8.22. The summed E-state index contributed by atoms with van der Waals surface area (Å²) in [5, 5.41) is 6.88. The van der Waals surface area contributed by atoms with Gasteiger partial charge < -0.3 is 20.3 Å². The summed E-state index contributed by atoms with van der Waals surface area (Å²) in [5.74, 6) is 1.41. The second-order valence-corrected chi connectivity index (χ2v) is 6.43. The molecule has 0 aliphatic carbocycles. The van der Waals surface area contributed by atoms with Crippen molar-refractivity contribution in [3.63, 3.8) is 0 Å². The highest BCUT2D eigenvalue weighted by Crippen LogP contribution is 2.17. The van der Waals surface area contributed by atoms with Crippen LogP contribution in [0, 0.1) is 6.92 Å². The van der Waals surface area contributed by atoms with Crippen molar-refractivity contribution in [3.05, 3.63) is 47.7 Å². The molecule has 1 fully saturated rings. The summed E-state index contributed by atoms with van der Waals surface area (Å²) in [6.07, 6.45) is 0. The highest BCUT2D eigenvalue weighted by atomic mass is 32.1. The highest BCUT2D eigenvalue weighted by molar-refractivity contribution is 7.80. The molecule has 3 rings (SSSR count). The predicted octanol–water partition coefficient (Wildman–Crippen LogP) is 2.67. The minimum Gasteiger partial charge on any atom is -0.378 e. The van der Waals surface area contributed by atoms with Crippen molar-refractivity contribution in [1.82, 2.24) is 15.3 Å². The molecule has 25 heavy (non-hydrogen) atoms. The molecular formula is C18H23N5OS. The molecule has 1 atom stereocenters. The summed E-state index contributed by atoms with van der Waals surface area (Å²) in [6.45, 7) is 7.15. The molecule has 0 amide bonds. The summed E-state index contributed by atoms with van der Waals surface area (Å²) in [4.78, 5) is 11.2. The molecule has 132 valence electrons. The van der Waals surface area contributed by atoms with Gasteiger partial charge in [0.25, 0.3) is 0 Å². The zero-order chi connectivity index (χ0) is 17.6. The molecular weight excluding hydrogens is 334 g/mol. The number of ether oxygens (including phenoxy) is 1. The number of nitrogens with one attached hydrogen (secondary N) is 2. The molecule has 1 aliphatic rings. The molecule has 1 aliphatic heterocycles. The molecule has 2 N–H and O–H groups in total. The predicted molar refractivity (Wildman–Crippen MR) is 104 cm³/mol. The van der Waals surface area contributed by atoms with Crippen molar-refractivity contribution in [2.24, 2.45) is 0 Å². The van der Waals surface area contributed by atoms with Gasteiger partial charge in [-0.25, -0.2) is 4.98 Å². The lowest BCUT2D eigenvalue weighted by atomic mass is 10.1. The van der Waals surface area contributed by atoms with Crippen molar-refractivity contribution in [3.8, 4) is 0 Å². The number of aryl methyl sites for hydroxylation is 1. The second-order valence-electron chi connectivity index (χ2n) is 6.02. The quantitative estimate of drug-likeness (QED) is 0.816. The van der Waals surface area contributed by atoms with E-state index in [-0.39, 0.29) is 6.04 Å². The van der Waals surface area contributed by atoms with Gasteiger partial charge in [-0.05, 0) is 31.6 Å². The molecule has 2 heterocycles. The van der Waals surface area contributed by atoms with Crippen LogP contribution in [0.2, 0.25) is 0 Å². The molecule has 0 bridgehead atoms. The van der Waals surface area contributed by atoms with Crippen LogP contribution in [-0.4, -0.2) is 41.4 Å². The van der Waals surface area contributed by atoms with E-state index < -0.39 is 0 Å². The van der Waals surface area contributed by atoms with E-state index >= 15 is 0 Å². The SMILES string of the molecule is Cc1cc(N2CCOCC2)nc(NC(=S)N[C@@H](C)c2ccccc2)n1. The van der Waals surface area contributed by atoms with Gasteiger partial charge in [0.1, 0.15) is 5.82 Å². The highest BCUT2D eigenvalue weighted by Gasteiger charge is 2.15. The molecule has 0 unspecified atom stereocenters. The lowest BCUT2D eigenvalue weighted by Crippen LogP contribution is -2.37. The van der Waals surface area contributed by atoms with Crippen molar-refractivity contribution < 1.29 is 4.74 Å². The van der Waals surface area contributed by atoms with Gasteiger partial charge in [-0.3, -0.25) is 0 Å². The first-order valence-corrected chi connectivity index (χ1v) is 8.83. The first-order valence-electron chi connectivity index (χ1n) is 8.42. The van der Waals surface area contributed by atoms with E-state index in [2.05, 4.69) is 44.6 Å². The molecule has 7 heteroatoms. The summed E-state index contributed by atoms with van der Waals surface area (Å²) in [7, 11) is 0. The van der Waals surface area contributed by atoms with Gasteiger partial charge in [0.05, 0.1) is 19.3 Å². The number of nitrogens with zero attached hydrogens (tertiary/aromatic N) is 3. The molecule has 2 aromatic rings. The van der Waals surface area contributed by atoms with E-state index in [1.165, 1.54) is 5.56 Å². The zero-order valence-electron chi connectivity index (χ0n) is 14.5. The van der Waals surface area contributed by atoms with E-state index in [0.29, 0.717) is 11.1 Å². The number of aromatic nitrogens is 2. The van der Waals surface area contributed by atoms with Crippen molar-refractivity contribution in [2.75, 3.05) is 36.5 Å². The Morgan fingerprint density at radius 1 is 1.20 bits per heavy atom. The fraction of sp³-hybridized carbons (Fsp3) is 0.389. The van der Waals surface area contributed by atoms with Gasteiger partial charge in [-0.2, -0.15) is 4.98 Å². The Hall–Kier alpha value is -2.25. The van der Waals surface area contributed by atoms with Crippen LogP contribution in [0.3, 0.4) is 0 Å². The molecule has 0 saturated carbocycles. The topological polar surface area (TPSA) is 62.3 Å². The number of anilines is 2. The van der Waals surface area contributed by atoms with Crippen LogP contribution in [0.5, 0.6) is 0 Å². The molecule has 6 nitrogen and oxygen atoms in total. The Morgan fingerprint density at radius 2 is 1.92 bits per heavy atom. The van der Waals surface area contributed by atoms with Crippen LogP contribution in [-0.2, 0) is 4.74 Å². The van der Waals surface area contributed by atoms with E-state index in [4.69, 9.17) is 17.0 Å². The Morgan fingerprint density at radius 3 is 2.64 bits per heavy atom. The van der Waals surface area contributed by atoms with E-state index in [0.717, 1.165) is 37.8 Å². The van der Waals surface area contributed by atoms with Gasteiger partial charge in [-0.15, -0.1) is 0 Å². The Labute approximate surface area is 153 Å². The standard InChI is InChI=1S/C18H23N5OS/c1-13-12-16(23-8-10-24-11-9-23)21-17(19-13)22-18(25)20-14(2)15-6-4-3-5-7-15/h3-7,12,14H,8-11H2,1-2H3,(H2,19,20,21,22,25)/t14-/m0/s1.